The average Bonchev–Trinajstić information content (AvgIpc) is 3.45. The molecule has 0 amide bonds. The highest BCUT2D eigenvalue weighted by molar-refractivity contribution is 6.31. The number of hydrogen-bond acceptors (Lipinski definition) is 4. The highest BCUT2D eigenvalue weighted by atomic mass is 35.5. The maximum absolute atomic E-state index is 14.7. The molecule has 1 saturated carbocycles. The van der Waals surface area contributed by atoms with Gasteiger partial charge in [0.05, 0.1) is 16.0 Å². The van der Waals surface area contributed by atoms with Crippen LogP contribution in [-0.4, -0.2) is 15.5 Å². The molecular formula is C20H16ClFN2O3. The van der Waals surface area contributed by atoms with Crippen molar-refractivity contribution in [2.45, 2.75) is 32.3 Å². The van der Waals surface area contributed by atoms with Gasteiger partial charge in [0, 0.05) is 19.3 Å². The smallest absolute Gasteiger partial charge is 0.302 e. The highest BCUT2D eigenvalue weighted by Gasteiger charge is 2.25. The van der Waals surface area contributed by atoms with Crippen molar-refractivity contribution in [3.8, 4) is 5.82 Å². The second-order valence-corrected chi connectivity index (χ2v) is 7.01. The van der Waals surface area contributed by atoms with Crippen LogP contribution in [0.2, 0.25) is 5.02 Å². The fourth-order valence-corrected chi connectivity index (χ4v) is 3.34. The monoisotopic (exact) mass is 386 g/mol. The second-order valence-electron chi connectivity index (χ2n) is 6.61. The van der Waals surface area contributed by atoms with Gasteiger partial charge in [0.25, 0.3) is 5.56 Å². The van der Waals surface area contributed by atoms with E-state index >= 15 is 0 Å². The Morgan fingerprint density at radius 3 is 2.85 bits per heavy atom. The fourth-order valence-electron chi connectivity index (χ4n) is 3.14. The molecule has 3 aromatic rings. The van der Waals surface area contributed by atoms with E-state index in [4.69, 9.17) is 16.3 Å². The zero-order chi connectivity index (χ0) is 19.1. The predicted octanol–water partition coefficient (Wildman–Crippen LogP) is 4.12. The topological polar surface area (TPSA) is 61.2 Å². The van der Waals surface area contributed by atoms with Gasteiger partial charge >= 0.3 is 5.97 Å². The van der Waals surface area contributed by atoms with Crippen LogP contribution in [0.5, 0.6) is 0 Å². The zero-order valence-electron chi connectivity index (χ0n) is 14.5. The van der Waals surface area contributed by atoms with Crippen molar-refractivity contribution in [3.05, 3.63) is 69.0 Å². The van der Waals surface area contributed by atoms with Crippen LogP contribution < -0.4 is 5.56 Å². The number of halogens is 2. The first-order valence-corrected chi connectivity index (χ1v) is 8.95. The maximum Gasteiger partial charge on any atom is 0.302 e. The summed E-state index contributed by atoms with van der Waals surface area (Å²) in [7, 11) is 0. The minimum Gasteiger partial charge on any atom is -0.461 e. The van der Waals surface area contributed by atoms with Gasteiger partial charge in [0.2, 0.25) is 0 Å². The lowest BCUT2D eigenvalue weighted by atomic mass is 10.0. The highest BCUT2D eigenvalue weighted by Crippen LogP contribution is 2.41. The summed E-state index contributed by atoms with van der Waals surface area (Å²) in [6.45, 7) is 1.14. The third kappa shape index (κ3) is 3.32. The summed E-state index contributed by atoms with van der Waals surface area (Å²) in [5.41, 5.74) is 0.769. The molecule has 27 heavy (non-hydrogen) atoms. The minimum absolute atomic E-state index is 0.00196. The van der Waals surface area contributed by atoms with Crippen LogP contribution in [0.3, 0.4) is 0 Å². The Hall–Kier alpha value is -2.73. The van der Waals surface area contributed by atoms with E-state index in [1.165, 1.54) is 30.0 Å². The summed E-state index contributed by atoms with van der Waals surface area (Å²) in [4.78, 5) is 28.3. The molecule has 0 unspecified atom stereocenters. The first-order valence-electron chi connectivity index (χ1n) is 8.57. The normalized spacial score (nSPS) is 13.7. The van der Waals surface area contributed by atoms with Gasteiger partial charge in [0.1, 0.15) is 18.2 Å². The van der Waals surface area contributed by atoms with Crippen molar-refractivity contribution in [1.82, 2.24) is 9.55 Å². The molecule has 0 radical (unpaired) electrons. The first kappa shape index (κ1) is 17.7. The number of aromatic nitrogens is 2. The number of carbonyl (C=O) groups is 1. The summed E-state index contributed by atoms with van der Waals surface area (Å²) < 4.78 is 20.9. The molecule has 1 aromatic carbocycles. The lowest BCUT2D eigenvalue weighted by molar-refractivity contribution is -0.142. The fraction of sp³-hybridized carbons (Fsp3) is 0.250. The average molecular weight is 387 g/mol. The molecule has 0 aliphatic heterocycles. The van der Waals surface area contributed by atoms with Crippen molar-refractivity contribution in [2.24, 2.45) is 0 Å². The lowest BCUT2D eigenvalue weighted by Crippen LogP contribution is -2.21. The number of carbonyl (C=O) groups excluding carboxylic acids is 1. The number of rotatable bonds is 4. The first-order chi connectivity index (χ1) is 13.0. The number of nitrogens with zero attached hydrogens (tertiary/aromatic N) is 2. The molecule has 0 atom stereocenters. The van der Waals surface area contributed by atoms with Crippen LogP contribution >= 0.6 is 11.6 Å². The molecule has 0 saturated heterocycles. The van der Waals surface area contributed by atoms with Crippen molar-refractivity contribution >= 4 is 28.3 Å². The summed E-state index contributed by atoms with van der Waals surface area (Å²) in [6, 6.07) is 6.53. The molecule has 5 nitrogen and oxygen atoms in total. The Bertz CT molecular complexity index is 1120. The number of fused-ring (bicyclic) bond motifs is 1. The maximum atomic E-state index is 14.7. The van der Waals surface area contributed by atoms with Gasteiger partial charge in [-0.25, -0.2) is 9.37 Å². The second kappa shape index (κ2) is 6.78. The van der Waals surface area contributed by atoms with E-state index in [2.05, 4.69) is 4.98 Å². The summed E-state index contributed by atoms with van der Waals surface area (Å²) in [5.74, 6) is -0.430. The van der Waals surface area contributed by atoms with Crippen LogP contribution in [0, 0.1) is 5.82 Å². The Balaban J connectivity index is 1.88. The van der Waals surface area contributed by atoms with E-state index < -0.39 is 17.3 Å². The Labute approximate surface area is 159 Å². The van der Waals surface area contributed by atoms with Crippen molar-refractivity contribution in [2.75, 3.05) is 0 Å². The molecule has 0 bridgehead atoms. The van der Waals surface area contributed by atoms with Gasteiger partial charge in [-0.15, -0.1) is 0 Å². The van der Waals surface area contributed by atoms with Crippen molar-refractivity contribution in [3.63, 3.8) is 0 Å². The number of hydrogen-bond donors (Lipinski definition) is 0. The number of benzene rings is 1. The van der Waals surface area contributed by atoms with E-state index in [-0.39, 0.29) is 17.8 Å². The SMILES string of the molecule is CC(=O)OCc1c(Cl)ccnc1-n1ccc2cc(C3CC3)cc(F)c2c1=O. The van der Waals surface area contributed by atoms with Crippen LogP contribution in [0.4, 0.5) is 4.39 Å². The third-order valence-corrected chi connectivity index (χ3v) is 5.01. The summed E-state index contributed by atoms with van der Waals surface area (Å²) in [6.07, 6.45) is 5.08. The number of ether oxygens (including phenoxy) is 1. The van der Waals surface area contributed by atoms with Gasteiger partial charge in [-0.3, -0.25) is 14.2 Å². The molecule has 138 valence electrons. The zero-order valence-corrected chi connectivity index (χ0v) is 15.3. The standard InChI is InChI=1S/C20H16ClFN2O3/c1-11(25)27-10-15-16(21)4-6-23-19(15)24-7-5-13-8-14(12-2-3-12)9-17(22)18(13)20(24)26/h4-9,12H,2-3,10H2,1H3. The van der Waals surface area contributed by atoms with Crippen LogP contribution in [-0.2, 0) is 16.1 Å². The molecule has 1 aliphatic rings. The Kier molecular flexibility index (Phi) is 4.44. The van der Waals surface area contributed by atoms with Gasteiger partial charge in [-0.1, -0.05) is 17.7 Å². The van der Waals surface area contributed by atoms with Gasteiger partial charge in [-0.2, -0.15) is 0 Å². The van der Waals surface area contributed by atoms with Gasteiger partial charge in [0.15, 0.2) is 0 Å². The molecule has 0 spiro atoms. The van der Waals surface area contributed by atoms with Gasteiger partial charge < -0.3 is 4.74 Å². The van der Waals surface area contributed by atoms with E-state index in [0.29, 0.717) is 21.9 Å². The Morgan fingerprint density at radius 1 is 1.37 bits per heavy atom. The lowest BCUT2D eigenvalue weighted by Gasteiger charge is -2.13. The molecular weight excluding hydrogens is 371 g/mol. The molecule has 1 fully saturated rings. The van der Waals surface area contributed by atoms with Crippen LogP contribution in [0.1, 0.15) is 36.8 Å². The summed E-state index contributed by atoms with van der Waals surface area (Å²) in [5, 5.41) is 0.863. The predicted molar refractivity (Wildman–Crippen MR) is 99.8 cm³/mol. The van der Waals surface area contributed by atoms with E-state index in [1.54, 1.807) is 12.1 Å². The Morgan fingerprint density at radius 2 is 2.15 bits per heavy atom. The molecule has 1 aliphatic carbocycles. The molecule has 2 heterocycles. The van der Waals surface area contributed by atoms with E-state index in [9.17, 15) is 14.0 Å². The molecule has 7 heteroatoms. The third-order valence-electron chi connectivity index (χ3n) is 4.65. The van der Waals surface area contributed by atoms with Gasteiger partial charge in [-0.05, 0) is 47.9 Å². The molecule has 0 N–H and O–H groups in total. The van der Waals surface area contributed by atoms with Crippen molar-refractivity contribution < 1.29 is 13.9 Å². The molecule has 2 aromatic heterocycles. The van der Waals surface area contributed by atoms with Crippen molar-refractivity contribution in [1.29, 1.82) is 0 Å². The minimum atomic E-state index is -0.544. The molecule has 4 rings (SSSR count). The summed E-state index contributed by atoms with van der Waals surface area (Å²) >= 11 is 6.21. The largest absolute Gasteiger partial charge is 0.461 e. The number of pyridine rings is 2. The van der Waals surface area contributed by atoms with E-state index in [1.807, 2.05) is 6.07 Å². The van der Waals surface area contributed by atoms with Crippen LogP contribution in [0.15, 0.2) is 41.5 Å². The quantitative estimate of drug-likeness (QED) is 0.633. The van der Waals surface area contributed by atoms with E-state index in [0.717, 1.165) is 18.4 Å². The number of esters is 1. The van der Waals surface area contributed by atoms with Crippen LogP contribution in [0.25, 0.3) is 16.6 Å².